The molecule has 1 heterocycles. The van der Waals surface area contributed by atoms with Gasteiger partial charge in [-0.05, 0) is 36.1 Å². The van der Waals surface area contributed by atoms with Crippen LogP contribution in [0.4, 0.5) is 0 Å². The molecule has 2 aromatic rings. The third-order valence-corrected chi connectivity index (χ3v) is 5.56. The van der Waals surface area contributed by atoms with E-state index >= 15 is 0 Å². The first-order chi connectivity index (χ1) is 13.2. The summed E-state index contributed by atoms with van der Waals surface area (Å²) in [5.41, 5.74) is 7.97. The summed E-state index contributed by atoms with van der Waals surface area (Å²) < 4.78 is 11.4. The van der Waals surface area contributed by atoms with Crippen LogP contribution >= 0.6 is 12.4 Å². The zero-order chi connectivity index (χ0) is 18.7. The first-order valence-corrected chi connectivity index (χ1v) is 9.68. The largest absolute Gasteiger partial charge is 0.486 e. The van der Waals surface area contributed by atoms with E-state index in [0.29, 0.717) is 13.2 Å². The maximum absolute atomic E-state index is 12.8. The number of rotatable bonds is 5. The Balaban J connectivity index is 0.00000225. The van der Waals surface area contributed by atoms with Crippen LogP contribution in [0.25, 0.3) is 0 Å². The summed E-state index contributed by atoms with van der Waals surface area (Å²) in [6.07, 6.45) is 4.33. The van der Waals surface area contributed by atoms with E-state index < -0.39 is 0 Å². The predicted octanol–water partition coefficient (Wildman–Crippen LogP) is 3.86. The number of nitrogens with one attached hydrogen (secondary N) is 1. The number of benzene rings is 2. The molecule has 1 unspecified atom stereocenters. The first-order valence-electron chi connectivity index (χ1n) is 9.68. The van der Waals surface area contributed by atoms with E-state index in [2.05, 4.69) is 11.4 Å². The van der Waals surface area contributed by atoms with Crippen LogP contribution in [0.5, 0.6) is 11.5 Å². The zero-order valence-corrected chi connectivity index (χ0v) is 16.7. The summed E-state index contributed by atoms with van der Waals surface area (Å²) in [4.78, 5) is 12.8. The molecule has 0 bridgehead atoms. The molecule has 1 saturated carbocycles. The van der Waals surface area contributed by atoms with Gasteiger partial charge in [-0.25, -0.2) is 0 Å². The number of carbonyl (C=O) groups is 1. The predicted molar refractivity (Wildman–Crippen MR) is 111 cm³/mol. The Morgan fingerprint density at radius 1 is 1.04 bits per heavy atom. The molecule has 0 spiro atoms. The molecule has 1 atom stereocenters. The van der Waals surface area contributed by atoms with Gasteiger partial charge in [0.1, 0.15) is 13.2 Å². The van der Waals surface area contributed by atoms with Crippen LogP contribution in [-0.4, -0.2) is 19.1 Å². The normalized spacial score (nSPS) is 18.0. The smallest absolute Gasteiger partial charge is 0.222 e. The fourth-order valence-electron chi connectivity index (χ4n) is 4.14. The molecule has 1 aliphatic heterocycles. The zero-order valence-electron chi connectivity index (χ0n) is 15.9. The van der Waals surface area contributed by atoms with Crippen LogP contribution in [0.15, 0.2) is 48.5 Å². The number of hydrogen-bond acceptors (Lipinski definition) is 4. The van der Waals surface area contributed by atoms with Gasteiger partial charge in [0, 0.05) is 12.5 Å². The topological polar surface area (TPSA) is 73.6 Å². The van der Waals surface area contributed by atoms with Gasteiger partial charge in [0.05, 0.1) is 5.54 Å². The average Bonchev–Trinajstić information content (AvgIpc) is 3.17. The highest BCUT2D eigenvalue weighted by molar-refractivity contribution is 5.85. The molecule has 2 aromatic carbocycles. The number of ether oxygens (including phenoxy) is 2. The summed E-state index contributed by atoms with van der Waals surface area (Å²) >= 11 is 0. The van der Waals surface area contributed by atoms with Gasteiger partial charge in [-0.15, -0.1) is 12.4 Å². The molecule has 1 aliphatic carbocycles. The molecule has 3 N–H and O–H groups in total. The Morgan fingerprint density at radius 3 is 2.43 bits per heavy atom. The second-order valence-electron chi connectivity index (χ2n) is 7.42. The van der Waals surface area contributed by atoms with Gasteiger partial charge in [-0.2, -0.15) is 0 Å². The summed E-state index contributed by atoms with van der Waals surface area (Å²) in [7, 11) is 0. The molecule has 1 fully saturated rings. The van der Waals surface area contributed by atoms with Gasteiger partial charge in [0.2, 0.25) is 5.91 Å². The number of hydrogen-bond donors (Lipinski definition) is 2. The molecule has 1 amide bonds. The molecular weight excluding hydrogens is 376 g/mol. The molecule has 28 heavy (non-hydrogen) atoms. The lowest BCUT2D eigenvalue weighted by Gasteiger charge is -2.32. The Morgan fingerprint density at radius 2 is 1.71 bits per heavy atom. The van der Waals surface area contributed by atoms with Crippen LogP contribution in [-0.2, 0) is 10.3 Å². The molecule has 6 heteroatoms. The Labute approximate surface area is 172 Å². The maximum atomic E-state index is 12.8. The van der Waals surface area contributed by atoms with Crippen molar-refractivity contribution in [3.8, 4) is 11.5 Å². The van der Waals surface area contributed by atoms with E-state index in [-0.39, 0.29) is 36.3 Å². The molecule has 0 aromatic heterocycles. The SMILES string of the molecule is Cl.NC(CC(=O)NC1(c2ccc3c(c2)OCCO3)CCCC1)c1ccccc1. The monoisotopic (exact) mass is 402 g/mol. The number of carbonyl (C=O) groups excluding carboxylic acids is 1. The number of nitrogens with two attached hydrogens (primary N) is 1. The Kier molecular flexibility index (Phi) is 6.47. The van der Waals surface area contributed by atoms with E-state index in [1.807, 2.05) is 42.5 Å². The third-order valence-electron chi connectivity index (χ3n) is 5.56. The molecule has 0 radical (unpaired) electrons. The lowest BCUT2D eigenvalue weighted by atomic mass is 9.87. The second kappa shape index (κ2) is 8.84. The maximum Gasteiger partial charge on any atom is 0.222 e. The summed E-state index contributed by atoms with van der Waals surface area (Å²) in [5.74, 6) is 1.53. The number of halogens is 1. The highest BCUT2D eigenvalue weighted by Gasteiger charge is 2.38. The van der Waals surface area contributed by atoms with Gasteiger partial charge in [-0.3, -0.25) is 4.79 Å². The average molecular weight is 403 g/mol. The van der Waals surface area contributed by atoms with Crippen LogP contribution in [0, 0.1) is 0 Å². The third kappa shape index (κ3) is 4.26. The summed E-state index contributed by atoms with van der Waals surface area (Å²) in [6, 6.07) is 15.5. The van der Waals surface area contributed by atoms with Crippen molar-refractivity contribution in [3.63, 3.8) is 0 Å². The minimum atomic E-state index is -0.344. The lowest BCUT2D eigenvalue weighted by molar-refractivity contribution is -0.123. The van der Waals surface area contributed by atoms with Crippen LogP contribution in [0.1, 0.15) is 49.3 Å². The van der Waals surface area contributed by atoms with Gasteiger partial charge < -0.3 is 20.5 Å². The summed E-state index contributed by atoms with van der Waals surface area (Å²) in [6.45, 7) is 1.13. The number of amides is 1. The van der Waals surface area contributed by atoms with Crippen molar-refractivity contribution < 1.29 is 14.3 Å². The van der Waals surface area contributed by atoms with Gasteiger partial charge >= 0.3 is 0 Å². The molecular formula is C22H27ClN2O3. The van der Waals surface area contributed by atoms with Crippen LogP contribution < -0.4 is 20.5 Å². The van der Waals surface area contributed by atoms with Crippen LogP contribution in [0.3, 0.4) is 0 Å². The molecule has 4 rings (SSSR count). The van der Waals surface area contributed by atoms with Gasteiger partial charge in [0.15, 0.2) is 11.5 Å². The van der Waals surface area contributed by atoms with E-state index in [9.17, 15) is 4.79 Å². The van der Waals surface area contributed by atoms with Crippen LogP contribution in [0.2, 0.25) is 0 Å². The van der Waals surface area contributed by atoms with E-state index in [1.165, 1.54) is 0 Å². The van der Waals surface area contributed by atoms with Crippen molar-refractivity contribution in [3.05, 3.63) is 59.7 Å². The fourth-order valence-corrected chi connectivity index (χ4v) is 4.14. The van der Waals surface area contributed by atoms with Gasteiger partial charge in [-0.1, -0.05) is 49.2 Å². The van der Waals surface area contributed by atoms with Gasteiger partial charge in [0.25, 0.3) is 0 Å². The Bertz CT molecular complexity index is 807. The quantitative estimate of drug-likeness (QED) is 0.796. The van der Waals surface area contributed by atoms with Crippen molar-refractivity contribution in [2.75, 3.05) is 13.2 Å². The highest BCUT2D eigenvalue weighted by atomic mass is 35.5. The fraction of sp³-hybridized carbons (Fsp3) is 0.409. The van der Waals surface area contributed by atoms with E-state index in [0.717, 1.165) is 48.3 Å². The molecule has 2 aliphatic rings. The minimum absolute atomic E-state index is 0. The van der Waals surface area contributed by atoms with Crippen molar-refractivity contribution in [1.29, 1.82) is 0 Å². The first kappa shape index (κ1) is 20.5. The van der Waals surface area contributed by atoms with Crippen molar-refractivity contribution in [1.82, 2.24) is 5.32 Å². The summed E-state index contributed by atoms with van der Waals surface area (Å²) in [5, 5.41) is 3.30. The Hall–Kier alpha value is -2.24. The minimum Gasteiger partial charge on any atom is -0.486 e. The van der Waals surface area contributed by atoms with Crippen molar-refractivity contribution in [2.24, 2.45) is 5.73 Å². The second-order valence-corrected chi connectivity index (χ2v) is 7.42. The van der Waals surface area contributed by atoms with E-state index in [1.54, 1.807) is 0 Å². The molecule has 5 nitrogen and oxygen atoms in total. The standard InChI is InChI=1S/C22H26N2O3.ClH/c23-18(16-6-2-1-3-7-16)15-21(25)24-22(10-4-5-11-22)17-8-9-19-20(14-17)27-13-12-26-19;/h1-3,6-9,14,18H,4-5,10-13,15,23H2,(H,24,25);1H. The highest BCUT2D eigenvalue weighted by Crippen LogP contribution is 2.42. The molecule has 0 saturated heterocycles. The lowest BCUT2D eigenvalue weighted by Crippen LogP contribution is -2.44. The molecule has 150 valence electrons. The van der Waals surface area contributed by atoms with Crippen molar-refractivity contribution >= 4 is 18.3 Å². The van der Waals surface area contributed by atoms with Crippen molar-refractivity contribution in [2.45, 2.75) is 43.7 Å². The number of fused-ring (bicyclic) bond motifs is 1. The van der Waals surface area contributed by atoms with E-state index in [4.69, 9.17) is 15.2 Å².